The van der Waals surface area contributed by atoms with Crippen LogP contribution in [-0.2, 0) is 16.4 Å². The summed E-state index contributed by atoms with van der Waals surface area (Å²) in [6, 6.07) is 15.3. The lowest BCUT2D eigenvalue weighted by Gasteiger charge is -2.31. The summed E-state index contributed by atoms with van der Waals surface area (Å²) < 4.78 is 29.3. The third kappa shape index (κ3) is 7.38. The number of aliphatic hydroxyl groups is 2. The molecule has 0 aliphatic heterocycles. The van der Waals surface area contributed by atoms with Gasteiger partial charge in [-0.15, -0.1) is 0 Å². The normalized spacial score (nSPS) is 14.7. The first kappa shape index (κ1) is 27.8. The molecular formula is C25H30N4O7S. The number of anilines is 1. The fourth-order valence-corrected chi connectivity index (χ4v) is 3.89. The molecule has 37 heavy (non-hydrogen) atoms. The first-order valence-corrected chi connectivity index (χ1v) is 13.3. The van der Waals surface area contributed by atoms with Crippen LogP contribution in [0.3, 0.4) is 0 Å². The topological polar surface area (TPSA) is 162 Å². The zero-order chi connectivity index (χ0) is 27.2. The number of oxazole rings is 1. The largest absolute Gasteiger partial charge is 0.430 e. The Hall–Kier alpha value is -3.74. The minimum absolute atomic E-state index is 0.151. The number of amides is 2. The van der Waals surface area contributed by atoms with E-state index in [1.54, 1.807) is 61.5 Å². The van der Waals surface area contributed by atoms with E-state index in [4.69, 9.17) is 4.42 Å². The fraction of sp³-hybridized carbons (Fsp3) is 0.320. The molecule has 0 spiro atoms. The van der Waals surface area contributed by atoms with Crippen LogP contribution in [0.2, 0.25) is 0 Å². The third-order valence-electron chi connectivity index (χ3n) is 5.78. The van der Waals surface area contributed by atoms with E-state index < -0.39 is 46.1 Å². The molecule has 12 heteroatoms. The maximum absolute atomic E-state index is 12.9. The van der Waals surface area contributed by atoms with Gasteiger partial charge in [0.25, 0.3) is 11.8 Å². The van der Waals surface area contributed by atoms with E-state index >= 15 is 0 Å². The molecule has 1 heterocycles. The lowest BCUT2D eigenvalue weighted by molar-refractivity contribution is -0.0188. The molecule has 198 valence electrons. The summed E-state index contributed by atoms with van der Waals surface area (Å²) in [7, 11) is -2.43. The Bertz CT molecular complexity index is 1300. The van der Waals surface area contributed by atoms with Crippen molar-refractivity contribution in [1.82, 2.24) is 15.6 Å². The van der Waals surface area contributed by atoms with Crippen molar-refractivity contribution in [3.05, 3.63) is 83.7 Å². The highest BCUT2D eigenvalue weighted by atomic mass is 32.2. The van der Waals surface area contributed by atoms with Crippen LogP contribution >= 0.6 is 0 Å². The highest BCUT2D eigenvalue weighted by Crippen LogP contribution is 2.16. The van der Waals surface area contributed by atoms with Gasteiger partial charge < -0.3 is 25.3 Å². The first-order valence-electron chi connectivity index (χ1n) is 11.4. The summed E-state index contributed by atoms with van der Waals surface area (Å²) in [6.45, 7) is 1.54. The summed E-state index contributed by atoms with van der Waals surface area (Å²) >= 11 is 0. The second-order valence-electron chi connectivity index (χ2n) is 8.62. The van der Waals surface area contributed by atoms with Crippen LogP contribution in [0, 0.1) is 0 Å². The number of hydrogen-bond donors (Lipinski definition) is 4. The number of benzene rings is 2. The summed E-state index contributed by atoms with van der Waals surface area (Å²) in [5.74, 6) is -1.17. The predicted molar refractivity (Wildman–Crippen MR) is 137 cm³/mol. The van der Waals surface area contributed by atoms with Gasteiger partial charge in [0.1, 0.15) is 18.5 Å². The molecule has 0 unspecified atom stereocenters. The van der Waals surface area contributed by atoms with Gasteiger partial charge in [-0.3, -0.25) is 9.59 Å². The number of nitrogens with zero attached hydrogens (tertiary/aromatic N) is 2. The zero-order valence-corrected chi connectivity index (χ0v) is 21.4. The van der Waals surface area contributed by atoms with Gasteiger partial charge in [0.2, 0.25) is 10.0 Å². The monoisotopic (exact) mass is 530 g/mol. The highest BCUT2D eigenvalue weighted by molar-refractivity contribution is 7.92. The second-order valence-corrected chi connectivity index (χ2v) is 10.6. The number of carbonyl (C=O) groups is 2. The Kier molecular flexibility index (Phi) is 9.03. The van der Waals surface area contributed by atoms with Gasteiger partial charge in [-0.2, -0.15) is 4.98 Å². The number of sulfonamides is 1. The Morgan fingerprint density at radius 3 is 2.16 bits per heavy atom. The number of nitrogens with one attached hydrogen (secondary N) is 2. The van der Waals surface area contributed by atoms with Crippen LogP contribution < -0.4 is 14.9 Å². The van der Waals surface area contributed by atoms with E-state index in [9.17, 15) is 28.2 Å². The van der Waals surface area contributed by atoms with Gasteiger partial charge in [-0.1, -0.05) is 48.5 Å². The third-order valence-corrected chi connectivity index (χ3v) is 6.93. The lowest BCUT2D eigenvalue weighted by Crippen LogP contribution is -2.55. The molecule has 2 aromatic carbocycles. The van der Waals surface area contributed by atoms with Gasteiger partial charge in [0, 0.05) is 12.6 Å². The average molecular weight is 531 g/mol. The van der Waals surface area contributed by atoms with Crippen LogP contribution in [0.15, 0.2) is 71.3 Å². The van der Waals surface area contributed by atoms with Crippen molar-refractivity contribution < 1.29 is 32.6 Å². The van der Waals surface area contributed by atoms with Crippen LogP contribution in [0.4, 0.5) is 6.01 Å². The van der Waals surface area contributed by atoms with E-state index in [1.165, 1.54) is 7.05 Å². The Morgan fingerprint density at radius 2 is 1.57 bits per heavy atom. The van der Waals surface area contributed by atoms with E-state index in [2.05, 4.69) is 15.6 Å². The van der Waals surface area contributed by atoms with E-state index in [0.717, 1.165) is 22.4 Å². The minimum atomic E-state index is -3.66. The second kappa shape index (κ2) is 12.0. The van der Waals surface area contributed by atoms with Crippen molar-refractivity contribution in [2.75, 3.05) is 17.6 Å². The molecule has 0 radical (unpaired) electrons. The summed E-state index contributed by atoms with van der Waals surface area (Å²) in [4.78, 5) is 29.3. The van der Waals surface area contributed by atoms with Gasteiger partial charge in [-0.25, -0.2) is 12.7 Å². The van der Waals surface area contributed by atoms with E-state index in [-0.39, 0.29) is 18.1 Å². The molecule has 11 nitrogen and oxygen atoms in total. The molecule has 2 amide bonds. The van der Waals surface area contributed by atoms with Crippen molar-refractivity contribution >= 4 is 27.9 Å². The first-order chi connectivity index (χ1) is 17.5. The van der Waals surface area contributed by atoms with Crippen LogP contribution in [0.25, 0.3) is 0 Å². The van der Waals surface area contributed by atoms with Crippen molar-refractivity contribution in [3.8, 4) is 0 Å². The number of hydrogen-bond acceptors (Lipinski definition) is 8. The molecule has 0 aliphatic carbocycles. The molecule has 0 saturated carbocycles. The molecule has 4 N–H and O–H groups in total. The number of rotatable bonds is 11. The lowest BCUT2D eigenvalue weighted by atomic mass is 9.94. The quantitative estimate of drug-likeness (QED) is 0.285. The number of carbonyl (C=O) groups excluding carboxylic acids is 2. The summed E-state index contributed by atoms with van der Waals surface area (Å²) in [5.41, 5.74) is 0.958. The molecule has 0 bridgehead atoms. The van der Waals surface area contributed by atoms with E-state index in [1.807, 2.05) is 6.07 Å². The van der Waals surface area contributed by atoms with Crippen LogP contribution in [-0.4, -0.2) is 73.0 Å². The predicted octanol–water partition coefficient (Wildman–Crippen LogP) is 0.952. The van der Waals surface area contributed by atoms with Crippen molar-refractivity contribution in [2.24, 2.45) is 0 Å². The maximum Gasteiger partial charge on any atom is 0.311 e. The van der Waals surface area contributed by atoms with E-state index in [0.29, 0.717) is 5.56 Å². The Balaban J connectivity index is 1.76. The average Bonchev–Trinajstić information content (AvgIpc) is 3.38. The Morgan fingerprint density at radius 1 is 0.973 bits per heavy atom. The molecule has 0 aliphatic rings. The molecule has 0 saturated heterocycles. The van der Waals surface area contributed by atoms with Gasteiger partial charge in [0.05, 0.1) is 18.3 Å². The van der Waals surface area contributed by atoms with Gasteiger partial charge in [0.15, 0.2) is 5.69 Å². The standard InChI is InChI=1S/C25H30N4O7S/c1-16(26-23(32)18-12-8-5-9-13-18)21(30)22(31)19(14-17-10-6-4-7-11-17)27-24(33)20-15-36-25(28-20)29(2)37(3,34)35/h4-13,15-16,19,21-22,30-31H,14H2,1-3H3,(H,26,32)(H,27,33)/t16-,19+,21+,22+/m0/s1. The number of aromatic nitrogens is 1. The summed E-state index contributed by atoms with van der Waals surface area (Å²) in [6.07, 6.45) is -0.816. The zero-order valence-electron chi connectivity index (χ0n) is 20.6. The molecule has 0 fully saturated rings. The number of aliphatic hydroxyl groups excluding tert-OH is 2. The van der Waals surface area contributed by atoms with Crippen molar-refractivity contribution in [2.45, 2.75) is 37.6 Å². The summed E-state index contributed by atoms with van der Waals surface area (Å²) in [5, 5.41) is 27.2. The minimum Gasteiger partial charge on any atom is -0.430 e. The van der Waals surface area contributed by atoms with Gasteiger partial charge in [-0.05, 0) is 31.0 Å². The molecule has 1 aromatic heterocycles. The van der Waals surface area contributed by atoms with Gasteiger partial charge >= 0.3 is 6.01 Å². The smallest absolute Gasteiger partial charge is 0.311 e. The van der Waals surface area contributed by atoms with Crippen molar-refractivity contribution in [3.63, 3.8) is 0 Å². The van der Waals surface area contributed by atoms with Crippen molar-refractivity contribution in [1.29, 1.82) is 0 Å². The molecule has 3 aromatic rings. The molecular weight excluding hydrogens is 500 g/mol. The highest BCUT2D eigenvalue weighted by Gasteiger charge is 2.33. The molecule has 4 atom stereocenters. The molecule has 3 rings (SSSR count). The Labute approximate surface area is 215 Å². The van der Waals surface area contributed by atoms with Crippen LogP contribution in [0.1, 0.15) is 33.3 Å². The fourth-order valence-electron chi connectivity index (χ4n) is 3.52. The van der Waals surface area contributed by atoms with Crippen LogP contribution in [0.5, 0.6) is 0 Å². The SMILES string of the molecule is C[C@H](NC(=O)c1ccccc1)[C@@H](O)[C@H](O)[C@@H](Cc1ccccc1)NC(=O)c1coc(N(C)S(C)(=O)=O)n1. The maximum atomic E-state index is 12.9.